The molecule has 0 aliphatic heterocycles. The maximum absolute atomic E-state index is 2.56. The van der Waals surface area contributed by atoms with Gasteiger partial charge in [-0.05, 0) is 73.5 Å². The summed E-state index contributed by atoms with van der Waals surface area (Å²) in [6, 6.07) is 0. The number of hydrogen-bond acceptors (Lipinski definition) is 0. The van der Waals surface area contributed by atoms with E-state index in [4.69, 9.17) is 0 Å². The summed E-state index contributed by atoms with van der Waals surface area (Å²) < 4.78 is 0. The van der Waals surface area contributed by atoms with Gasteiger partial charge >= 0.3 is 0 Å². The molecule has 7 atom stereocenters. The predicted octanol–water partition coefficient (Wildman–Crippen LogP) is 4.89. The van der Waals surface area contributed by atoms with Crippen LogP contribution in [-0.4, -0.2) is 0 Å². The van der Waals surface area contributed by atoms with Crippen LogP contribution in [0.1, 0.15) is 64.7 Å². The van der Waals surface area contributed by atoms with Crippen LogP contribution < -0.4 is 0 Å². The van der Waals surface area contributed by atoms with Crippen LogP contribution >= 0.6 is 0 Å². The van der Waals surface area contributed by atoms with E-state index in [2.05, 4.69) is 6.92 Å². The summed E-state index contributed by atoms with van der Waals surface area (Å²) in [5.41, 5.74) is 0. The molecule has 0 N–H and O–H groups in total. The van der Waals surface area contributed by atoms with Crippen molar-refractivity contribution in [2.45, 2.75) is 64.7 Å². The lowest BCUT2D eigenvalue weighted by Crippen LogP contribution is -2.51. The topological polar surface area (TPSA) is 0 Å². The third-order valence-electron chi connectivity index (χ3n) is 7.22. The Morgan fingerprint density at radius 2 is 1.18 bits per heavy atom. The highest BCUT2D eigenvalue weighted by Gasteiger charge is 2.52. The quantitative estimate of drug-likeness (QED) is 0.558. The van der Waals surface area contributed by atoms with Crippen molar-refractivity contribution in [2.24, 2.45) is 41.4 Å². The predicted molar refractivity (Wildman–Crippen MR) is 71.7 cm³/mol. The maximum atomic E-state index is 2.56. The van der Waals surface area contributed by atoms with Crippen LogP contribution in [0, 0.1) is 41.4 Å². The molecule has 0 bridgehead atoms. The van der Waals surface area contributed by atoms with Gasteiger partial charge in [0.2, 0.25) is 0 Å². The second-order valence-electron chi connectivity index (χ2n) is 7.74. The molecular weight excluding hydrogens is 204 g/mol. The fourth-order valence-corrected chi connectivity index (χ4v) is 6.57. The fourth-order valence-electron chi connectivity index (χ4n) is 6.57. The van der Waals surface area contributed by atoms with Crippen LogP contribution in [0.3, 0.4) is 0 Å². The summed E-state index contributed by atoms with van der Waals surface area (Å²) in [6.07, 6.45) is 14.3. The van der Waals surface area contributed by atoms with E-state index in [1.165, 1.54) is 11.8 Å². The molecule has 4 aliphatic rings. The molecule has 0 aromatic rings. The van der Waals surface area contributed by atoms with Gasteiger partial charge in [0, 0.05) is 0 Å². The molecule has 0 saturated heterocycles. The Bertz CT molecular complexity index is 288. The van der Waals surface area contributed by atoms with E-state index >= 15 is 0 Å². The van der Waals surface area contributed by atoms with Gasteiger partial charge in [-0.25, -0.2) is 0 Å². The largest absolute Gasteiger partial charge is 0.0622 e. The molecule has 4 saturated carbocycles. The molecule has 4 aliphatic carbocycles. The average molecular weight is 232 g/mol. The van der Waals surface area contributed by atoms with Gasteiger partial charge in [-0.3, -0.25) is 0 Å². The van der Waals surface area contributed by atoms with E-state index in [-0.39, 0.29) is 0 Å². The lowest BCUT2D eigenvalue weighted by atomic mass is 9.47. The van der Waals surface area contributed by atoms with Gasteiger partial charge in [0.1, 0.15) is 0 Å². The summed E-state index contributed by atoms with van der Waals surface area (Å²) in [6.45, 7) is 2.56. The molecule has 0 heterocycles. The van der Waals surface area contributed by atoms with Crippen LogP contribution in [0.25, 0.3) is 0 Å². The Balaban J connectivity index is 1.68. The van der Waals surface area contributed by atoms with Crippen molar-refractivity contribution < 1.29 is 0 Å². The highest BCUT2D eigenvalue weighted by Crippen LogP contribution is 2.60. The van der Waals surface area contributed by atoms with E-state index in [9.17, 15) is 0 Å². The molecule has 0 spiro atoms. The van der Waals surface area contributed by atoms with Crippen molar-refractivity contribution in [3.05, 3.63) is 0 Å². The molecule has 0 radical (unpaired) electrons. The van der Waals surface area contributed by atoms with Crippen LogP contribution in [0.4, 0.5) is 0 Å². The summed E-state index contributed by atoms with van der Waals surface area (Å²) in [5, 5.41) is 0. The maximum Gasteiger partial charge on any atom is -0.0321 e. The molecular formula is C17H28. The van der Waals surface area contributed by atoms with Gasteiger partial charge in [0.25, 0.3) is 0 Å². The van der Waals surface area contributed by atoms with Crippen molar-refractivity contribution >= 4 is 0 Å². The first-order chi connectivity index (χ1) is 8.34. The van der Waals surface area contributed by atoms with E-state index in [0.717, 1.165) is 29.6 Å². The molecule has 17 heavy (non-hydrogen) atoms. The van der Waals surface area contributed by atoms with E-state index < -0.39 is 0 Å². The second-order valence-corrected chi connectivity index (χ2v) is 7.74. The molecule has 4 rings (SSSR count). The van der Waals surface area contributed by atoms with Crippen molar-refractivity contribution in [3.63, 3.8) is 0 Å². The van der Waals surface area contributed by atoms with Gasteiger partial charge in [-0.2, -0.15) is 0 Å². The van der Waals surface area contributed by atoms with Gasteiger partial charge < -0.3 is 0 Å². The Hall–Kier alpha value is 0. The highest BCUT2D eigenvalue weighted by atomic mass is 14.6. The molecule has 0 heteroatoms. The van der Waals surface area contributed by atoms with Crippen molar-refractivity contribution in [3.8, 4) is 0 Å². The lowest BCUT2D eigenvalue weighted by Gasteiger charge is -2.59. The Morgan fingerprint density at radius 1 is 0.588 bits per heavy atom. The van der Waals surface area contributed by atoms with Gasteiger partial charge in [0.15, 0.2) is 0 Å². The van der Waals surface area contributed by atoms with E-state index in [0.29, 0.717) is 0 Å². The zero-order valence-electron chi connectivity index (χ0n) is 11.4. The summed E-state index contributed by atoms with van der Waals surface area (Å²) in [7, 11) is 0. The van der Waals surface area contributed by atoms with Gasteiger partial charge in [-0.1, -0.05) is 32.6 Å². The minimum absolute atomic E-state index is 1.05. The standard InChI is InChI=1S/C17H28/c1-11-5-6-14-8-7-12-3-2-4-13-9-10-15(11)17(14)16(12)13/h11-17H,2-10H2,1H3. The summed E-state index contributed by atoms with van der Waals surface area (Å²) in [4.78, 5) is 0. The Labute approximate surface area is 107 Å². The molecule has 0 aromatic carbocycles. The normalized spacial score (nSPS) is 57.4. The smallest absolute Gasteiger partial charge is 0.0321 e. The van der Waals surface area contributed by atoms with Crippen molar-refractivity contribution in [1.29, 1.82) is 0 Å². The highest BCUT2D eigenvalue weighted by molar-refractivity contribution is 5.01. The van der Waals surface area contributed by atoms with Crippen LogP contribution in [0.5, 0.6) is 0 Å². The SMILES string of the molecule is CC1CCC2CCC3CCCC4CCC1C2C34. The second kappa shape index (κ2) is 4.00. The zero-order valence-corrected chi connectivity index (χ0v) is 11.4. The first kappa shape index (κ1) is 10.9. The van der Waals surface area contributed by atoms with E-state index in [1.54, 1.807) is 57.8 Å². The molecule has 7 unspecified atom stereocenters. The number of hydrogen-bond donors (Lipinski definition) is 0. The number of rotatable bonds is 0. The first-order valence-electron chi connectivity index (χ1n) is 8.34. The lowest BCUT2D eigenvalue weighted by molar-refractivity contribution is -0.0934. The van der Waals surface area contributed by atoms with Crippen LogP contribution in [0.15, 0.2) is 0 Å². The van der Waals surface area contributed by atoms with Crippen LogP contribution in [-0.2, 0) is 0 Å². The third-order valence-corrected chi connectivity index (χ3v) is 7.22. The Morgan fingerprint density at radius 3 is 1.94 bits per heavy atom. The van der Waals surface area contributed by atoms with Crippen molar-refractivity contribution in [1.82, 2.24) is 0 Å². The average Bonchev–Trinajstić information content (AvgIpc) is 2.38. The van der Waals surface area contributed by atoms with Crippen molar-refractivity contribution in [2.75, 3.05) is 0 Å². The third kappa shape index (κ3) is 1.55. The first-order valence-corrected chi connectivity index (χ1v) is 8.34. The van der Waals surface area contributed by atoms with Gasteiger partial charge in [-0.15, -0.1) is 0 Å². The molecule has 4 fully saturated rings. The van der Waals surface area contributed by atoms with E-state index in [1.807, 2.05) is 0 Å². The monoisotopic (exact) mass is 232 g/mol. The zero-order chi connectivity index (χ0) is 11.4. The Kier molecular flexibility index (Phi) is 2.56. The molecule has 0 amide bonds. The van der Waals surface area contributed by atoms with Gasteiger partial charge in [0.05, 0.1) is 0 Å². The minimum Gasteiger partial charge on any atom is -0.0622 e. The molecule has 0 aromatic heterocycles. The summed E-state index contributed by atoms with van der Waals surface area (Å²) >= 11 is 0. The van der Waals surface area contributed by atoms with Crippen LogP contribution in [0.2, 0.25) is 0 Å². The minimum atomic E-state index is 1.05. The molecule has 0 nitrogen and oxygen atoms in total. The summed E-state index contributed by atoms with van der Waals surface area (Å²) in [5.74, 6) is 8.01. The molecule has 96 valence electrons. The fraction of sp³-hybridized carbons (Fsp3) is 1.00.